The summed E-state index contributed by atoms with van der Waals surface area (Å²) in [4.78, 5) is 18.9. The number of thiophene rings is 1. The van der Waals surface area contributed by atoms with E-state index in [-0.39, 0.29) is 56.9 Å². The molecule has 0 aliphatic carbocycles. The Morgan fingerprint density at radius 2 is 1.85 bits per heavy atom. The van der Waals surface area contributed by atoms with Gasteiger partial charge in [0.25, 0.3) is 5.56 Å². The van der Waals surface area contributed by atoms with Crippen LogP contribution in [0.2, 0.25) is 0 Å². The number of benzene rings is 1. The van der Waals surface area contributed by atoms with Crippen molar-refractivity contribution in [3.8, 4) is 5.69 Å². The zero-order chi connectivity index (χ0) is 13.6. The van der Waals surface area contributed by atoms with Gasteiger partial charge in [-0.1, -0.05) is 18.2 Å². The zero-order valence-electron chi connectivity index (χ0n) is 11.5. The predicted octanol–water partition coefficient (Wildman–Crippen LogP) is -0.0262. The minimum atomic E-state index is -0.0805. The first kappa shape index (κ1) is 16.3. The number of hydrogen-bond donors (Lipinski definition) is 0. The van der Waals surface area contributed by atoms with Crippen molar-refractivity contribution in [1.29, 1.82) is 0 Å². The molecule has 20 heavy (non-hydrogen) atoms. The van der Waals surface area contributed by atoms with Gasteiger partial charge in [-0.2, -0.15) is 0 Å². The fourth-order valence-corrected chi connectivity index (χ4v) is 3.44. The summed E-state index contributed by atoms with van der Waals surface area (Å²) in [5, 5.41) is 0.991. The molecule has 3 nitrogen and oxygen atoms in total. The molecule has 0 spiro atoms. The van der Waals surface area contributed by atoms with Crippen LogP contribution in [-0.2, 0) is 12.6 Å². The fraction of sp³-hybridized carbons (Fsp3) is 0.143. The van der Waals surface area contributed by atoms with Crippen LogP contribution in [-0.4, -0.2) is 9.55 Å². The third-order valence-corrected chi connectivity index (χ3v) is 4.56. The average molecular weight is 326 g/mol. The Bertz CT molecular complexity index is 825. The van der Waals surface area contributed by atoms with E-state index in [1.807, 2.05) is 44.2 Å². The van der Waals surface area contributed by atoms with Crippen molar-refractivity contribution >= 4 is 34.2 Å². The van der Waals surface area contributed by atoms with Gasteiger partial charge in [0.2, 0.25) is 0 Å². The Morgan fingerprint density at radius 1 is 1.20 bits per heavy atom. The van der Waals surface area contributed by atoms with Gasteiger partial charge in [0.15, 0.2) is 0 Å². The second kappa shape index (κ2) is 6.35. The molecule has 0 fully saturated rings. The Balaban J connectivity index is 0.00000147. The number of aromatic nitrogens is 2. The van der Waals surface area contributed by atoms with Gasteiger partial charge in [0, 0.05) is 10.6 Å². The molecule has 0 saturated carbocycles. The van der Waals surface area contributed by atoms with Crippen LogP contribution >= 0.6 is 11.3 Å². The third-order valence-electron chi connectivity index (χ3n) is 3.19. The van der Waals surface area contributed by atoms with Crippen LogP contribution in [0.4, 0.5) is 0 Å². The molecule has 0 N–H and O–H groups in total. The number of nitrogens with zero attached hydrogens (tertiary/aromatic N) is 2. The van der Waals surface area contributed by atoms with Crippen molar-refractivity contribution in [3.05, 3.63) is 51.1 Å². The van der Waals surface area contributed by atoms with E-state index in [4.69, 9.17) is 12.6 Å². The Labute approximate surface area is 168 Å². The number of para-hydroxylation sites is 1. The van der Waals surface area contributed by atoms with Crippen LogP contribution in [0.5, 0.6) is 0 Å². The van der Waals surface area contributed by atoms with Crippen LogP contribution in [0.1, 0.15) is 10.4 Å². The minimum absolute atomic E-state index is 0. The summed E-state index contributed by atoms with van der Waals surface area (Å²) in [5.74, 6) is 0. The van der Waals surface area contributed by atoms with E-state index < -0.39 is 0 Å². The SMILES string of the molecule is Cc1sc2nc([S-])n(-c3ccccc3)c(=O)c2c1C.[K+]. The normalized spacial score (nSPS) is 10.5. The van der Waals surface area contributed by atoms with E-state index >= 15 is 0 Å². The molecule has 0 amide bonds. The molecule has 0 saturated heterocycles. The van der Waals surface area contributed by atoms with Crippen molar-refractivity contribution in [2.45, 2.75) is 19.0 Å². The molecule has 2 aromatic heterocycles. The average Bonchev–Trinajstić information content (AvgIpc) is 2.66. The summed E-state index contributed by atoms with van der Waals surface area (Å²) in [6.45, 7) is 3.95. The largest absolute Gasteiger partial charge is 1.00 e. The van der Waals surface area contributed by atoms with Crippen LogP contribution < -0.4 is 56.9 Å². The Morgan fingerprint density at radius 3 is 2.50 bits per heavy atom. The van der Waals surface area contributed by atoms with Crippen molar-refractivity contribution in [3.63, 3.8) is 0 Å². The molecular weight excluding hydrogens is 315 g/mol. The topological polar surface area (TPSA) is 34.9 Å². The zero-order valence-corrected chi connectivity index (χ0v) is 16.3. The van der Waals surface area contributed by atoms with Crippen LogP contribution in [0.25, 0.3) is 15.9 Å². The van der Waals surface area contributed by atoms with Gasteiger partial charge in [-0.05, 0) is 36.7 Å². The standard InChI is InChI=1S/C14H12N2OS2.K/c1-8-9(2)19-12-11(8)13(17)16(14(18)15-12)10-6-4-3-5-7-10;/h3-7H,1-2H3,(H,15,18);/q;+1/p-1. The van der Waals surface area contributed by atoms with Crippen LogP contribution in [0.3, 0.4) is 0 Å². The number of aryl methyl sites for hydroxylation is 2. The molecule has 1 aromatic carbocycles. The van der Waals surface area contributed by atoms with Crippen molar-refractivity contribution in [2.24, 2.45) is 0 Å². The van der Waals surface area contributed by atoms with Gasteiger partial charge in [-0.25, -0.2) is 4.98 Å². The van der Waals surface area contributed by atoms with Crippen molar-refractivity contribution in [1.82, 2.24) is 9.55 Å². The van der Waals surface area contributed by atoms with Crippen molar-refractivity contribution in [2.75, 3.05) is 0 Å². The molecule has 3 aromatic rings. The predicted molar refractivity (Wildman–Crippen MR) is 80.3 cm³/mol. The van der Waals surface area contributed by atoms with Gasteiger partial charge < -0.3 is 12.6 Å². The van der Waals surface area contributed by atoms with Gasteiger partial charge >= 0.3 is 51.4 Å². The molecule has 3 rings (SSSR count). The van der Waals surface area contributed by atoms with Gasteiger partial charge in [0.05, 0.1) is 5.39 Å². The van der Waals surface area contributed by atoms with Gasteiger partial charge in [0.1, 0.15) is 4.83 Å². The number of fused-ring (bicyclic) bond motifs is 1. The molecular formula is C14H11KN2OS2. The first-order valence-corrected chi connectivity index (χ1v) is 7.07. The Kier molecular flexibility index (Phi) is 5.17. The van der Waals surface area contributed by atoms with E-state index in [1.165, 1.54) is 15.9 Å². The van der Waals surface area contributed by atoms with E-state index in [0.717, 1.165) is 21.0 Å². The number of rotatable bonds is 1. The van der Waals surface area contributed by atoms with Crippen LogP contribution in [0, 0.1) is 13.8 Å². The number of hydrogen-bond acceptors (Lipinski definition) is 4. The summed E-state index contributed by atoms with van der Waals surface area (Å²) < 4.78 is 1.50. The molecule has 0 unspecified atom stereocenters. The van der Waals surface area contributed by atoms with Gasteiger partial charge in [-0.3, -0.25) is 9.36 Å². The fourth-order valence-electron chi connectivity index (χ4n) is 2.08. The molecule has 0 bridgehead atoms. The second-order valence-corrected chi connectivity index (χ2v) is 5.90. The molecule has 2 heterocycles. The van der Waals surface area contributed by atoms with Crippen LogP contribution in [0.15, 0.2) is 40.3 Å². The smallest absolute Gasteiger partial charge is 0.742 e. The molecule has 96 valence electrons. The maximum absolute atomic E-state index is 12.6. The molecule has 0 aliphatic heterocycles. The summed E-state index contributed by atoms with van der Waals surface area (Å²) in [7, 11) is 0. The monoisotopic (exact) mass is 326 g/mol. The molecule has 6 heteroatoms. The van der Waals surface area contributed by atoms with E-state index in [1.54, 1.807) is 0 Å². The summed E-state index contributed by atoms with van der Waals surface area (Å²) in [6, 6.07) is 9.39. The second-order valence-electron chi connectivity index (χ2n) is 4.33. The van der Waals surface area contributed by atoms with Gasteiger partial charge in [-0.15, -0.1) is 11.3 Å². The maximum Gasteiger partial charge on any atom is 1.00 e. The molecule has 0 atom stereocenters. The van der Waals surface area contributed by atoms with E-state index in [0.29, 0.717) is 10.5 Å². The Hall–Kier alpha value is -0.0836. The van der Waals surface area contributed by atoms with E-state index in [9.17, 15) is 4.79 Å². The summed E-state index contributed by atoms with van der Waals surface area (Å²) in [5.41, 5.74) is 1.68. The van der Waals surface area contributed by atoms with E-state index in [2.05, 4.69) is 4.98 Å². The third kappa shape index (κ3) is 2.66. The molecule has 0 aliphatic rings. The quantitative estimate of drug-likeness (QED) is 0.358. The first-order valence-electron chi connectivity index (χ1n) is 5.85. The first-order chi connectivity index (χ1) is 9.09. The summed E-state index contributed by atoms with van der Waals surface area (Å²) >= 11 is 6.78. The maximum atomic E-state index is 12.6. The molecule has 0 radical (unpaired) electrons. The summed E-state index contributed by atoms with van der Waals surface area (Å²) in [6.07, 6.45) is 0. The van der Waals surface area contributed by atoms with Crippen molar-refractivity contribution < 1.29 is 51.4 Å². The minimum Gasteiger partial charge on any atom is -0.742 e.